The van der Waals surface area contributed by atoms with Gasteiger partial charge >= 0.3 is 5.97 Å². The van der Waals surface area contributed by atoms with Crippen molar-refractivity contribution >= 4 is 27.6 Å². The lowest BCUT2D eigenvalue weighted by Crippen LogP contribution is -2.38. The first-order valence-corrected chi connectivity index (χ1v) is 9.67. The molecule has 0 radical (unpaired) electrons. The number of piperidine rings is 1. The lowest BCUT2D eigenvalue weighted by molar-refractivity contribution is -0.146. The summed E-state index contributed by atoms with van der Waals surface area (Å²) in [4.78, 5) is 19.0. The van der Waals surface area contributed by atoms with Crippen LogP contribution in [0.3, 0.4) is 0 Å². The SMILES string of the molecule is Cc1nc(CO)c(CC(=O)OC(C)C)c(N2CCC(C)(C)CC2)c1Br. The van der Waals surface area contributed by atoms with E-state index in [0.717, 1.165) is 47.3 Å². The number of nitrogens with zero attached hydrogens (tertiary/aromatic N) is 2. The summed E-state index contributed by atoms with van der Waals surface area (Å²) in [6.45, 7) is 11.8. The minimum Gasteiger partial charge on any atom is -0.463 e. The molecule has 1 N–H and O–H groups in total. The zero-order chi connectivity index (χ0) is 18.8. The molecule has 1 aromatic rings. The van der Waals surface area contributed by atoms with Crippen LogP contribution in [0.1, 0.15) is 57.5 Å². The van der Waals surface area contributed by atoms with Crippen LogP contribution in [0.2, 0.25) is 0 Å². The second kappa shape index (κ2) is 8.04. The quantitative estimate of drug-likeness (QED) is 0.745. The minimum atomic E-state index is -0.291. The van der Waals surface area contributed by atoms with Crippen molar-refractivity contribution in [3.05, 3.63) is 21.4 Å². The number of hydrogen-bond acceptors (Lipinski definition) is 5. The Kier molecular flexibility index (Phi) is 6.49. The first-order valence-electron chi connectivity index (χ1n) is 8.87. The Labute approximate surface area is 158 Å². The molecule has 0 aromatic carbocycles. The fourth-order valence-corrected chi connectivity index (χ4v) is 3.77. The number of pyridine rings is 1. The van der Waals surface area contributed by atoms with Crippen LogP contribution in [-0.4, -0.2) is 35.3 Å². The number of ether oxygens (including phenoxy) is 1. The van der Waals surface area contributed by atoms with Gasteiger partial charge in [0, 0.05) is 18.7 Å². The van der Waals surface area contributed by atoms with Crippen LogP contribution in [-0.2, 0) is 22.6 Å². The summed E-state index contributed by atoms with van der Waals surface area (Å²) < 4.78 is 6.22. The lowest BCUT2D eigenvalue weighted by atomic mass is 9.82. The second-order valence-electron chi connectivity index (χ2n) is 7.81. The van der Waals surface area contributed by atoms with Gasteiger partial charge < -0.3 is 14.7 Å². The molecule has 2 heterocycles. The van der Waals surface area contributed by atoms with Crippen LogP contribution in [0.5, 0.6) is 0 Å². The molecule has 25 heavy (non-hydrogen) atoms. The number of halogens is 1. The number of aromatic nitrogens is 1. The van der Waals surface area contributed by atoms with Crippen molar-refractivity contribution in [1.82, 2.24) is 4.98 Å². The van der Waals surface area contributed by atoms with Crippen molar-refractivity contribution < 1.29 is 14.6 Å². The average Bonchev–Trinajstić information content (AvgIpc) is 2.51. The summed E-state index contributed by atoms with van der Waals surface area (Å²) in [7, 11) is 0. The Hall–Kier alpha value is -1.14. The van der Waals surface area contributed by atoms with Crippen molar-refractivity contribution in [3.8, 4) is 0 Å². The maximum absolute atomic E-state index is 12.3. The zero-order valence-electron chi connectivity index (χ0n) is 15.9. The predicted molar refractivity (Wildman–Crippen MR) is 103 cm³/mol. The topological polar surface area (TPSA) is 62.7 Å². The third kappa shape index (κ3) is 4.94. The molecule has 1 fully saturated rings. The molecule has 1 saturated heterocycles. The number of esters is 1. The number of aliphatic hydroxyl groups is 1. The molecule has 0 amide bonds. The van der Waals surface area contributed by atoms with Gasteiger partial charge in [0.15, 0.2) is 0 Å². The van der Waals surface area contributed by atoms with Crippen LogP contribution in [0.4, 0.5) is 5.69 Å². The summed E-state index contributed by atoms with van der Waals surface area (Å²) in [5, 5.41) is 9.79. The lowest BCUT2D eigenvalue weighted by Gasteiger charge is -2.39. The summed E-state index contributed by atoms with van der Waals surface area (Å²) >= 11 is 3.66. The molecule has 2 rings (SSSR count). The first-order chi connectivity index (χ1) is 11.6. The number of aliphatic hydroxyl groups excluding tert-OH is 1. The van der Waals surface area contributed by atoms with Gasteiger partial charge in [0.25, 0.3) is 0 Å². The van der Waals surface area contributed by atoms with Crippen molar-refractivity contribution in [2.75, 3.05) is 18.0 Å². The number of carbonyl (C=O) groups is 1. The highest BCUT2D eigenvalue weighted by atomic mass is 79.9. The van der Waals surface area contributed by atoms with E-state index < -0.39 is 0 Å². The third-order valence-corrected chi connectivity index (χ3v) is 5.68. The average molecular weight is 413 g/mol. The highest BCUT2D eigenvalue weighted by Crippen LogP contribution is 2.39. The summed E-state index contributed by atoms with van der Waals surface area (Å²) in [5.74, 6) is -0.291. The number of anilines is 1. The van der Waals surface area contributed by atoms with E-state index in [0.29, 0.717) is 11.1 Å². The van der Waals surface area contributed by atoms with E-state index in [-0.39, 0.29) is 25.1 Å². The van der Waals surface area contributed by atoms with Gasteiger partial charge in [0.05, 0.1) is 40.7 Å². The van der Waals surface area contributed by atoms with E-state index >= 15 is 0 Å². The molecule has 0 unspecified atom stereocenters. The van der Waals surface area contributed by atoms with Crippen LogP contribution in [0.25, 0.3) is 0 Å². The molecular weight excluding hydrogens is 384 g/mol. The highest BCUT2D eigenvalue weighted by molar-refractivity contribution is 9.10. The van der Waals surface area contributed by atoms with Gasteiger partial charge in [0.2, 0.25) is 0 Å². The van der Waals surface area contributed by atoms with E-state index in [1.54, 1.807) is 0 Å². The number of aryl methyl sites for hydroxylation is 1. The van der Waals surface area contributed by atoms with Gasteiger partial charge in [-0.1, -0.05) is 13.8 Å². The van der Waals surface area contributed by atoms with Gasteiger partial charge in [0.1, 0.15) is 0 Å². The van der Waals surface area contributed by atoms with Crippen molar-refractivity contribution in [3.63, 3.8) is 0 Å². The van der Waals surface area contributed by atoms with Gasteiger partial charge in [-0.3, -0.25) is 9.78 Å². The second-order valence-corrected chi connectivity index (χ2v) is 8.60. The monoisotopic (exact) mass is 412 g/mol. The van der Waals surface area contributed by atoms with Crippen LogP contribution in [0.15, 0.2) is 4.47 Å². The third-order valence-electron chi connectivity index (χ3n) is 4.73. The molecule has 140 valence electrons. The Morgan fingerprint density at radius 2 is 1.96 bits per heavy atom. The van der Waals surface area contributed by atoms with Gasteiger partial charge in [-0.25, -0.2) is 0 Å². The summed E-state index contributed by atoms with van der Waals surface area (Å²) in [5.41, 5.74) is 3.46. The molecule has 1 aliphatic heterocycles. The van der Waals surface area contributed by atoms with Gasteiger partial charge in [-0.15, -0.1) is 0 Å². The van der Waals surface area contributed by atoms with Gasteiger partial charge in [-0.05, 0) is 55.0 Å². The van der Waals surface area contributed by atoms with Crippen molar-refractivity contribution in [2.45, 2.75) is 66.6 Å². The van der Waals surface area contributed by atoms with E-state index in [2.05, 4.69) is 39.7 Å². The van der Waals surface area contributed by atoms with Crippen LogP contribution < -0.4 is 4.90 Å². The van der Waals surface area contributed by atoms with Crippen LogP contribution >= 0.6 is 15.9 Å². The molecule has 0 bridgehead atoms. The van der Waals surface area contributed by atoms with E-state index in [1.807, 2.05) is 20.8 Å². The fourth-order valence-electron chi connectivity index (χ4n) is 3.19. The molecule has 1 aromatic heterocycles. The Balaban J connectivity index is 2.42. The van der Waals surface area contributed by atoms with Crippen molar-refractivity contribution in [2.24, 2.45) is 5.41 Å². The number of rotatable bonds is 5. The Morgan fingerprint density at radius 1 is 1.36 bits per heavy atom. The maximum Gasteiger partial charge on any atom is 0.310 e. The molecular formula is C19H29BrN2O3. The van der Waals surface area contributed by atoms with E-state index in [1.165, 1.54) is 0 Å². The summed E-state index contributed by atoms with van der Waals surface area (Å²) in [6, 6.07) is 0. The largest absolute Gasteiger partial charge is 0.463 e. The van der Waals surface area contributed by atoms with Gasteiger partial charge in [-0.2, -0.15) is 0 Å². The minimum absolute atomic E-state index is 0.120. The Morgan fingerprint density at radius 3 is 2.48 bits per heavy atom. The standard InChI is InChI=1S/C19H29BrN2O3/c1-12(2)25-16(24)10-14-15(11-23)21-13(3)17(20)18(14)22-8-6-19(4,5)7-9-22/h12,23H,6-11H2,1-5H3. The first kappa shape index (κ1) is 20.2. The summed E-state index contributed by atoms with van der Waals surface area (Å²) in [6.07, 6.45) is 2.14. The fraction of sp³-hybridized carbons (Fsp3) is 0.684. The normalized spacial score (nSPS) is 17.0. The molecule has 0 atom stereocenters. The molecule has 5 nitrogen and oxygen atoms in total. The predicted octanol–water partition coefficient (Wildman–Crippen LogP) is 3.77. The van der Waals surface area contributed by atoms with Crippen LogP contribution in [0, 0.1) is 12.3 Å². The molecule has 6 heteroatoms. The number of hydrogen-bond donors (Lipinski definition) is 1. The highest BCUT2D eigenvalue weighted by Gasteiger charge is 2.30. The van der Waals surface area contributed by atoms with E-state index in [9.17, 15) is 9.90 Å². The molecule has 0 spiro atoms. The maximum atomic E-state index is 12.3. The smallest absolute Gasteiger partial charge is 0.310 e. The zero-order valence-corrected chi connectivity index (χ0v) is 17.4. The molecule has 0 saturated carbocycles. The Bertz CT molecular complexity index is 634. The molecule has 1 aliphatic rings. The number of carbonyl (C=O) groups excluding carboxylic acids is 1. The van der Waals surface area contributed by atoms with E-state index in [4.69, 9.17) is 4.74 Å². The van der Waals surface area contributed by atoms with Crippen molar-refractivity contribution in [1.29, 1.82) is 0 Å². The molecule has 0 aliphatic carbocycles.